The molecule has 2 aliphatic heterocycles. The molecular formula is C26H29Cl2N3O4S. The molecule has 7 nitrogen and oxygen atoms in total. The number of nitrogens with zero attached hydrogens (tertiary/aromatic N) is 2. The van der Waals surface area contributed by atoms with Crippen molar-refractivity contribution in [2.45, 2.75) is 39.2 Å². The summed E-state index contributed by atoms with van der Waals surface area (Å²) in [5.41, 5.74) is 2.88. The zero-order valence-electron chi connectivity index (χ0n) is 20.5. The monoisotopic (exact) mass is 549 g/mol. The van der Waals surface area contributed by atoms with Gasteiger partial charge in [-0.25, -0.2) is 9.00 Å². The van der Waals surface area contributed by atoms with Crippen molar-refractivity contribution in [1.82, 2.24) is 4.90 Å². The molecule has 1 unspecified atom stereocenters. The van der Waals surface area contributed by atoms with Crippen LogP contribution < -0.4 is 9.62 Å². The van der Waals surface area contributed by atoms with Crippen LogP contribution in [0.25, 0.3) is 5.57 Å². The van der Waals surface area contributed by atoms with E-state index in [1.165, 1.54) is 0 Å². The zero-order valence-corrected chi connectivity index (χ0v) is 22.8. The van der Waals surface area contributed by atoms with Crippen molar-refractivity contribution in [2.24, 2.45) is 0 Å². The van der Waals surface area contributed by atoms with Gasteiger partial charge in [0.1, 0.15) is 16.6 Å². The first-order valence-corrected chi connectivity index (χ1v) is 13.8. The summed E-state index contributed by atoms with van der Waals surface area (Å²) in [5.74, 6) is 0.231. The van der Waals surface area contributed by atoms with Gasteiger partial charge in [0.25, 0.3) is 5.91 Å². The molecule has 10 heteroatoms. The summed E-state index contributed by atoms with van der Waals surface area (Å²) in [5, 5.41) is 3.67. The quantitative estimate of drug-likeness (QED) is 0.496. The number of carbonyl (C=O) groups is 2. The third-order valence-electron chi connectivity index (χ3n) is 5.80. The maximum atomic E-state index is 13.1. The molecule has 0 bridgehead atoms. The molecule has 36 heavy (non-hydrogen) atoms. The maximum Gasteiger partial charge on any atom is 0.410 e. The van der Waals surface area contributed by atoms with Gasteiger partial charge in [0, 0.05) is 36.1 Å². The Bertz CT molecular complexity index is 1240. The van der Waals surface area contributed by atoms with E-state index in [-0.39, 0.29) is 12.0 Å². The number of anilines is 2. The lowest BCUT2D eigenvalue weighted by Crippen LogP contribution is -2.39. The average molecular weight is 551 g/mol. The third-order valence-corrected chi connectivity index (χ3v) is 7.87. The van der Waals surface area contributed by atoms with E-state index in [9.17, 15) is 13.8 Å². The van der Waals surface area contributed by atoms with Crippen molar-refractivity contribution in [1.29, 1.82) is 0 Å². The fourth-order valence-electron chi connectivity index (χ4n) is 4.10. The number of hydrogen-bond donors (Lipinski definition) is 1. The van der Waals surface area contributed by atoms with Crippen molar-refractivity contribution in [3.05, 3.63) is 63.6 Å². The molecular weight excluding hydrogens is 521 g/mol. The Labute approximate surface area is 224 Å². The van der Waals surface area contributed by atoms with E-state index in [0.717, 1.165) is 17.6 Å². The molecule has 1 fully saturated rings. The average Bonchev–Trinajstić information content (AvgIpc) is 3.23. The molecule has 0 saturated carbocycles. The first-order chi connectivity index (χ1) is 17.0. The van der Waals surface area contributed by atoms with Gasteiger partial charge in [-0.15, -0.1) is 0 Å². The van der Waals surface area contributed by atoms with Gasteiger partial charge in [-0.3, -0.25) is 9.10 Å². The highest BCUT2D eigenvalue weighted by Crippen LogP contribution is 2.31. The second-order valence-corrected chi connectivity index (χ2v) is 12.1. The first kappa shape index (κ1) is 26.5. The minimum absolute atomic E-state index is 0.296. The lowest BCUT2D eigenvalue weighted by atomic mass is 9.99. The van der Waals surface area contributed by atoms with Crippen LogP contribution in [0.1, 0.15) is 49.5 Å². The lowest BCUT2D eigenvalue weighted by molar-refractivity contribution is 0.0270. The summed E-state index contributed by atoms with van der Waals surface area (Å²) in [4.78, 5) is 27.1. The second kappa shape index (κ2) is 10.8. The van der Waals surface area contributed by atoms with Crippen LogP contribution in [0.3, 0.4) is 0 Å². The van der Waals surface area contributed by atoms with E-state index >= 15 is 0 Å². The van der Waals surface area contributed by atoms with Crippen molar-refractivity contribution in [3.63, 3.8) is 0 Å². The summed E-state index contributed by atoms with van der Waals surface area (Å²) in [6.45, 7) is 7.15. The number of amides is 2. The molecule has 1 N–H and O–H groups in total. The van der Waals surface area contributed by atoms with Crippen LogP contribution in [0.2, 0.25) is 10.0 Å². The molecule has 192 valence electrons. The summed E-state index contributed by atoms with van der Waals surface area (Å²) in [7, 11) is -1.10. The first-order valence-electron chi connectivity index (χ1n) is 11.7. The van der Waals surface area contributed by atoms with Crippen LogP contribution >= 0.6 is 23.2 Å². The van der Waals surface area contributed by atoms with Gasteiger partial charge in [0.05, 0.1) is 16.3 Å². The van der Waals surface area contributed by atoms with Crippen LogP contribution in [-0.2, 0) is 15.7 Å². The summed E-state index contributed by atoms with van der Waals surface area (Å²) >= 11 is 12.7. The number of benzene rings is 2. The summed E-state index contributed by atoms with van der Waals surface area (Å²) in [6, 6.07) is 10.5. The van der Waals surface area contributed by atoms with Crippen LogP contribution in [0.15, 0.2) is 42.5 Å². The highest BCUT2D eigenvalue weighted by atomic mass is 35.5. The van der Waals surface area contributed by atoms with E-state index in [1.807, 2.05) is 39.0 Å². The van der Waals surface area contributed by atoms with Crippen molar-refractivity contribution in [3.8, 4) is 0 Å². The smallest absolute Gasteiger partial charge is 0.410 e. The molecule has 0 radical (unpaired) electrons. The fraction of sp³-hybridized carbons (Fsp3) is 0.385. The van der Waals surface area contributed by atoms with Crippen LogP contribution in [-0.4, -0.2) is 52.1 Å². The number of hydrogen-bond acceptors (Lipinski definition) is 4. The van der Waals surface area contributed by atoms with E-state index in [4.69, 9.17) is 27.9 Å². The number of nitrogens with one attached hydrogen (secondary N) is 1. The molecule has 1 atom stereocenters. The number of carbonyl (C=O) groups excluding carboxylic acids is 2. The largest absolute Gasteiger partial charge is 0.444 e. The summed E-state index contributed by atoms with van der Waals surface area (Å²) in [6.07, 6.45) is 3.11. The van der Waals surface area contributed by atoms with E-state index in [2.05, 4.69) is 5.32 Å². The third kappa shape index (κ3) is 6.41. The van der Waals surface area contributed by atoms with Crippen molar-refractivity contribution >= 4 is 63.1 Å². The molecule has 0 aliphatic carbocycles. The predicted molar refractivity (Wildman–Crippen MR) is 146 cm³/mol. The van der Waals surface area contributed by atoms with E-state index < -0.39 is 16.6 Å². The molecule has 2 heterocycles. The Kier molecular flexibility index (Phi) is 7.97. The Balaban J connectivity index is 1.49. The number of ether oxygens (including phenoxy) is 1. The molecule has 1 saturated heterocycles. The Morgan fingerprint density at radius 1 is 1.08 bits per heavy atom. The Morgan fingerprint density at radius 3 is 2.50 bits per heavy atom. The van der Waals surface area contributed by atoms with E-state index in [1.54, 1.807) is 33.5 Å². The lowest BCUT2D eigenvalue weighted by Gasteiger charge is -2.29. The van der Waals surface area contributed by atoms with Gasteiger partial charge in [0.15, 0.2) is 0 Å². The van der Waals surface area contributed by atoms with Crippen LogP contribution in [0.5, 0.6) is 0 Å². The zero-order chi connectivity index (χ0) is 26.0. The molecule has 2 aliphatic rings. The highest BCUT2D eigenvalue weighted by molar-refractivity contribution is 7.86. The summed E-state index contributed by atoms with van der Waals surface area (Å²) < 4.78 is 19.5. The second-order valence-electron chi connectivity index (χ2n) is 9.73. The van der Waals surface area contributed by atoms with Gasteiger partial charge < -0.3 is 15.0 Å². The van der Waals surface area contributed by atoms with Crippen molar-refractivity contribution in [2.75, 3.05) is 35.0 Å². The number of rotatable bonds is 4. The van der Waals surface area contributed by atoms with Crippen molar-refractivity contribution < 1.29 is 18.5 Å². The van der Waals surface area contributed by atoms with Gasteiger partial charge in [-0.2, -0.15) is 0 Å². The SMILES string of the molecule is CC(C)(C)OC(=O)N1CC=C(c2cc(Cl)cc(NC(=O)c3cc(N4CCCS4=O)ccc3Cl)c2)CC1. The Morgan fingerprint density at radius 2 is 1.86 bits per heavy atom. The van der Waals surface area contributed by atoms with Crippen LogP contribution in [0, 0.1) is 0 Å². The molecule has 2 amide bonds. The molecule has 2 aromatic carbocycles. The van der Waals surface area contributed by atoms with Gasteiger partial charge >= 0.3 is 6.09 Å². The topological polar surface area (TPSA) is 79.0 Å². The Hall–Kier alpha value is -2.55. The minimum atomic E-state index is -1.10. The maximum absolute atomic E-state index is 13.1. The van der Waals surface area contributed by atoms with Gasteiger partial charge in [-0.1, -0.05) is 29.3 Å². The highest BCUT2D eigenvalue weighted by Gasteiger charge is 2.25. The fourth-order valence-corrected chi connectivity index (χ4v) is 5.82. The number of halogens is 2. The van der Waals surface area contributed by atoms with Gasteiger partial charge in [-0.05, 0) is 81.1 Å². The molecule has 0 spiro atoms. The molecule has 0 aromatic heterocycles. The molecule has 2 aromatic rings. The normalized spacial score (nSPS) is 18.1. The van der Waals surface area contributed by atoms with E-state index in [0.29, 0.717) is 58.8 Å². The molecule has 4 rings (SSSR count). The predicted octanol–water partition coefficient (Wildman–Crippen LogP) is 6.14. The van der Waals surface area contributed by atoms with Crippen LogP contribution in [0.4, 0.5) is 16.2 Å². The standard InChI is InChI=1S/C26H29Cl2N3O4S/c1-26(2,3)35-25(33)30-10-7-17(8-11-30)18-13-19(27)15-20(14-18)29-24(32)22-16-21(5-6-23(22)28)31-9-4-12-36(31)34/h5-7,13-16H,4,8-12H2,1-3H3,(H,29,32). The van der Waals surface area contributed by atoms with Gasteiger partial charge in [0.2, 0.25) is 0 Å². The minimum Gasteiger partial charge on any atom is -0.444 e.